The average Bonchev–Trinajstić information content (AvgIpc) is 2.38. The highest BCUT2D eigenvalue weighted by Crippen LogP contribution is 2.28. The van der Waals surface area contributed by atoms with Crippen molar-refractivity contribution in [3.05, 3.63) is 28.8 Å². The summed E-state index contributed by atoms with van der Waals surface area (Å²) in [6.07, 6.45) is 0.903. The van der Waals surface area contributed by atoms with Gasteiger partial charge in [0.1, 0.15) is 5.75 Å². The van der Waals surface area contributed by atoms with Crippen LogP contribution in [0.4, 0.5) is 0 Å². The zero-order chi connectivity index (χ0) is 14.4. The number of aryl methyl sites for hydroxylation is 2. The van der Waals surface area contributed by atoms with Crippen molar-refractivity contribution in [1.29, 1.82) is 0 Å². The largest absolute Gasteiger partial charge is 0.493 e. The van der Waals surface area contributed by atoms with Crippen LogP contribution < -0.4 is 16.2 Å². The third kappa shape index (κ3) is 4.20. The van der Waals surface area contributed by atoms with Crippen LogP contribution in [0, 0.1) is 13.8 Å². The lowest BCUT2D eigenvalue weighted by molar-refractivity contribution is 0.142. The topological polar surface area (TPSA) is 81.5 Å². The normalized spacial score (nSPS) is 14.2. The van der Waals surface area contributed by atoms with Crippen LogP contribution in [0.3, 0.4) is 0 Å². The fourth-order valence-corrected chi connectivity index (χ4v) is 2.08. The van der Waals surface area contributed by atoms with Crippen molar-refractivity contribution >= 4 is 0 Å². The van der Waals surface area contributed by atoms with E-state index in [0.717, 1.165) is 28.9 Å². The summed E-state index contributed by atoms with van der Waals surface area (Å²) in [6, 6.07) is 3.60. The second-order valence-corrected chi connectivity index (χ2v) is 5.01. The minimum Gasteiger partial charge on any atom is -0.493 e. The van der Waals surface area contributed by atoms with Gasteiger partial charge in [-0.15, -0.1) is 0 Å². The molecule has 0 radical (unpaired) electrons. The maximum absolute atomic E-state index is 10.3. The van der Waals surface area contributed by atoms with Crippen molar-refractivity contribution in [3.8, 4) is 5.75 Å². The van der Waals surface area contributed by atoms with Crippen LogP contribution in [-0.4, -0.2) is 24.3 Å². The second kappa shape index (κ2) is 7.48. The van der Waals surface area contributed by atoms with Crippen molar-refractivity contribution in [2.75, 3.05) is 13.2 Å². The quantitative estimate of drug-likeness (QED) is 0.703. The number of aliphatic hydroxyl groups excluding tert-OH is 1. The monoisotopic (exact) mass is 266 g/mol. The summed E-state index contributed by atoms with van der Waals surface area (Å²) >= 11 is 0. The summed E-state index contributed by atoms with van der Waals surface area (Å²) in [5.74, 6) is 0.877. The Hall–Kier alpha value is -1.10. The fraction of sp³-hybridized carbons (Fsp3) is 0.600. The van der Waals surface area contributed by atoms with Gasteiger partial charge in [0.25, 0.3) is 0 Å². The van der Waals surface area contributed by atoms with E-state index in [0.29, 0.717) is 19.6 Å². The molecule has 1 rings (SSSR count). The molecule has 0 spiro atoms. The van der Waals surface area contributed by atoms with Gasteiger partial charge in [-0.2, -0.15) is 0 Å². The van der Waals surface area contributed by atoms with Crippen molar-refractivity contribution < 1.29 is 9.84 Å². The van der Waals surface area contributed by atoms with E-state index in [2.05, 4.69) is 6.92 Å². The van der Waals surface area contributed by atoms with Gasteiger partial charge >= 0.3 is 0 Å². The fourth-order valence-electron chi connectivity index (χ4n) is 2.08. The molecule has 19 heavy (non-hydrogen) atoms. The summed E-state index contributed by atoms with van der Waals surface area (Å²) in [6.45, 7) is 7.20. The molecule has 0 saturated carbocycles. The van der Waals surface area contributed by atoms with Crippen molar-refractivity contribution in [3.63, 3.8) is 0 Å². The lowest BCUT2D eigenvalue weighted by atomic mass is 9.94. The number of ether oxygens (including phenoxy) is 1. The van der Waals surface area contributed by atoms with E-state index < -0.39 is 6.10 Å². The van der Waals surface area contributed by atoms with Gasteiger partial charge in [0, 0.05) is 6.04 Å². The molecule has 0 saturated heterocycles. The van der Waals surface area contributed by atoms with E-state index in [1.807, 2.05) is 26.0 Å². The molecule has 1 aromatic carbocycles. The van der Waals surface area contributed by atoms with Crippen LogP contribution >= 0.6 is 0 Å². The first-order valence-electron chi connectivity index (χ1n) is 6.88. The smallest absolute Gasteiger partial charge is 0.122 e. The van der Waals surface area contributed by atoms with Gasteiger partial charge in [-0.25, -0.2) is 0 Å². The van der Waals surface area contributed by atoms with Gasteiger partial charge in [0.05, 0.1) is 12.7 Å². The van der Waals surface area contributed by atoms with Crippen LogP contribution in [0.1, 0.15) is 42.6 Å². The molecule has 0 amide bonds. The average molecular weight is 266 g/mol. The number of aliphatic hydroxyl groups is 1. The zero-order valence-electron chi connectivity index (χ0n) is 12.1. The van der Waals surface area contributed by atoms with Gasteiger partial charge in [-0.3, -0.25) is 0 Å². The van der Waals surface area contributed by atoms with Crippen molar-refractivity contribution in [2.24, 2.45) is 11.5 Å². The second-order valence-electron chi connectivity index (χ2n) is 5.01. The molecule has 4 heteroatoms. The Bertz CT molecular complexity index is 407. The molecule has 2 atom stereocenters. The van der Waals surface area contributed by atoms with E-state index in [4.69, 9.17) is 16.2 Å². The number of hydrogen-bond acceptors (Lipinski definition) is 4. The lowest BCUT2D eigenvalue weighted by Crippen LogP contribution is -2.31. The molecule has 108 valence electrons. The molecule has 2 unspecified atom stereocenters. The van der Waals surface area contributed by atoms with Crippen LogP contribution in [0.25, 0.3) is 0 Å². The third-order valence-electron chi connectivity index (χ3n) is 3.25. The van der Waals surface area contributed by atoms with Gasteiger partial charge in [-0.1, -0.05) is 6.92 Å². The first kappa shape index (κ1) is 16.0. The Morgan fingerprint density at radius 2 is 1.95 bits per heavy atom. The highest BCUT2D eigenvalue weighted by atomic mass is 16.5. The Morgan fingerprint density at radius 3 is 2.53 bits per heavy atom. The molecular weight excluding hydrogens is 240 g/mol. The highest BCUT2D eigenvalue weighted by Gasteiger charge is 2.19. The zero-order valence-corrected chi connectivity index (χ0v) is 12.1. The Morgan fingerprint density at radius 1 is 1.26 bits per heavy atom. The Labute approximate surface area is 115 Å². The van der Waals surface area contributed by atoms with Crippen LogP contribution in [-0.2, 0) is 0 Å². The van der Waals surface area contributed by atoms with Gasteiger partial charge in [0.15, 0.2) is 0 Å². The molecule has 4 nitrogen and oxygen atoms in total. The number of rotatable bonds is 7. The molecule has 5 N–H and O–H groups in total. The first-order chi connectivity index (χ1) is 9.01. The van der Waals surface area contributed by atoms with Crippen molar-refractivity contribution in [1.82, 2.24) is 0 Å². The van der Waals surface area contributed by atoms with Crippen LogP contribution in [0.2, 0.25) is 0 Å². The van der Waals surface area contributed by atoms with Gasteiger partial charge in [-0.05, 0) is 62.1 Å². The van der Waals surface area contributed by atoms with Crippen LogP contribution in [0.5, 0.6) is 5.75 Å². The predicted molar refractivity (Wildman–Crippen MR) is 78.3 cm³/mol. The maximum Gasteiger partial charge on any atom is 0.122 e. The summed E-state index contributed by atoms with van der Waals surface area (Å²) < 4.78 is 5.68. The molecule has 0 aliphatic rings. The van der Waals surface area contributed by atoms with E-state index in [9.17, 15) is 5.11 Å². The van der Waals surface area contributed by atoms with Gasteiger partial charge in [0.2, 0.25) is 0 Å². The van der Waals surface area contributed by atoms with Gasteiger partial charge < -0.3 is 21.3 Å². The summed E-state index contributed by atoms with van der Waals surface area (Å²) in [5, 5.41) is 10.3. The third-order valence-corrected chi connectivity index (χ3v) is 3.25. The van der Waals surface area contributed by atoms with E-state index >= 15 is 0 Å². The molecule has 0 aromatic heterocycles. The minimum atomic E-state index is -0.678. The van der Waals surface area contributed by atoms with E-state index in [1.54, 1.807) is 0 Å². The summed E-state index contributed by atoms with van der Waals surface area (Å²) in [4.78, 5) is 0. The first-order valence-corrected chi connectivity index (χ1v) is 6.88. The predicted octanol–water partition coefficient (Wildman–Crippen LogP) is 1.80. The van der Waals surface area contributed by atoms with E-state index in [-0.39, 0.29) is 6.04 Å². The molecular formula is C15H26N2O2. The standard InChI is InChI=1S/C15H26N2O2/c1-4-7-19-14-9-10(2)12(8-11(14)3)15(18)13(17)5-6-16/h8-9,13,15,18H,4-7,16-17H2,1-3H3. The summed E-state index contributed by atoms with van der Waals surface area (Å²) in [5.41, 5.74) is 14.3. The van der Waals surface area contributed by atoms with E-state index in [1.165, 1.54) is 0 Å². The minimum absolute atomic E-state index is 0.328. The molecule has 0 bridgehead atoms. The number of nitrogens with two attached hydrogens (primary N) is 2. The molecule has 0 aliphatic heterocycles. The van der Waals surface area contributed by atoms with Crippen LogP contribution in [0.15, 0.2) is 12.1 Å². The Kier molecular flexibility index (Phi) is 6.28. The molecule has 0 heterocycles. The maximum atomic E-state index is 10.3. The number of hydrogen-bond donors (Lipinski definition) is 3. The Balaban J connectivity index is 2.94. The molecule has 1 aromatic rings. The molecule has 0 fully saturated rings. The highest BCUT2D eigenvalue weighted by molar-refractivity contribution is 5.42. The summed E-state index contributed by atoms with van der Waals surface area (Å²) in [7, 11) is 0. The SMILES string of the molecule is CCCOc1cc(C)c(C(O)C(N)CCN)cc1C. The lowest BCUT2D eigenvalue weighted by Gasteiger charge is -2.22. The number of benzene rings is 1. The van der Waals surface area contributed by atoms with Crippen molar-refractivity contribution in [2.45, 2.75) is 45.8 Å². The molecule has 0 aliphatic carbocycles.